The molecule has 4 aromatic rings. The van der Waals surface area contributed by atoms with Crippen molar-refractivity contribution in [3.05, 3.63) is 93.0 Å². The minimum absolute atomic E-state index is 0.000914. The molecule has 0 radical (unpaired) electrons. The van der Waals surface area contributed by atoms with Crippen LogP contribution < -0.4 is 21.2 Å². The van der Waals surface area contributed by atoms with Gasteiger partial charge >= 0.3 is 0 Å². The third-order valence-electron chi connectivity index (χ3n) is 5.30. The molecule has 0 saturated heterocycles. The number of ether oxygens (including phenoxy) is 1. The molecular formula is C23H23N5O4. The van der Waals surface area contributed by atoms with Gasteiger partial charge in [0.25, 0.3) is 11.1 Å². The van der Waals surface area contributed by atoms with E-state index in [9.17, 15) is 14.4 Å². The van der Waals surface area contributed by atoms with Crippen LogP contribution in [0.5, 0.6) is 5.75 Å². The Hall–Kier alpha value is -4.14. The third kappa shape index (κ3) is 4.18. The first kappa shape index (κ1) is 21.1. The van der Waals surface area contributed by atoms with Gasteiger partial charge in [-0.05, 0) is 29.8 Å². The summed E-state index contributed by atoms with van der Waals surface area (Å²) in [5, 5.41) is 6.17. The van der Waals surface area contributed by atoms with E-state index in [-0.39, 0.29) is 30.0 Å². The van der Waals surface area contributed by atoms with Crippen molar-refractivity contribution in [3.8, 4) is 5.75 Å². The number of carbonyl (C=O) groups is 1. The lowest BCUT2D eigenvalue weighted by molar-refractivity contribution is -0.121. The van der Waals surface area contributed by atoms with Crippen LogP contribution in [-0.4, -0.2) is 32.3 Å². The van der Waals surface area contributed by atoms with E-state index >= 15 is 0 Å². The van der Waals surface area contributed by atoms with Crippen molar-refractivity contribution in [2.75, 3.05) is 7.11 Å². The minimum Gasteiger partial charge on any atom is -0.497 e. The summed E-state index contributed by atoms with van der Waals surface area (Å²) in [7, 11) is 3.43. The molecule has 0 spiro atoms. The highest BCUT2D eigenvalue weighted by atomic mass is 16.5. The Labute approximate surface area is 183 Å². The summed E-state index contributed by atoms with van der Waals surface area (Å²) in [6.07, 6.45) is 3.46. The number of amides is 1. The largest absolute Gasteiger partial charge is 0.497 e. The molecule has 2 N–H and O–H groups in total. The summed E-state index contributed by atoms with van der Waals surface area (Å²) < 4.78 is 8.31. The second-order valence-electron chi connectivity index (χ2n) is 7.37. The summed E-state index contributed by atoms with van der Waals surface area (Å²) in [5.74, 6) is 1.03. The number of imidazole rings is 1. The van der Waals surface area contributed by atoms with Crippen LogP contribution in [0.2, 0.25) is 0 Å². The third-order valence-corrected chi connectivity index (χ3v) is 5.30. The first-order valence-electron chi connectivity index (χ1n) is 10.1. The molecule has 2 aromatic heterocycles. The lowest BCUT2D eigenvalue weighted by Crippen LogP contribution is -2.34. The van der Waals surface area contributed by atoms with Crippen LogP contribution in [0.4, 0.5) is 0 Å². The van der Waals surface area contributed by atoms with Gasteiger partial charge in [0.2, 0.25) is 5.91 Å². The number of hydrogen-bond acceptors (Lipinski definition) is 5. The van der Waals surface area contributed by atoms with Crippen LogP contribution in [0.25, 0.3) is 10.8 Å². The number of nitrogens with zero attached hydrogens (tertiary/aromatic N) is 3. The van der Waals surface area contributed by atoms with Gasteiger partial charge in [0.05, 0.1) is 24.4 Å². The van der Waals surface area contributed by atoms with Gasteiger partial charge in [-0.25, -0.2) is 9.67 Å². The second-order valence-corrected chi connectivity index (χ2v) is 7.37. The van der Waals surface area contributed by atoms with Crippen molar-refractivity contribution < 1.29 is 9.53 Å². The molecule has 1 atom stereocenters. The maximum Gasteiger partial charge on any atom is 0.273 e. The number of H-pyrrole nitrogens is 1. The molecule has 0 unspecified atom stereocenters. The molecule has 0 fully saturated rings. The number of rotatable bonds is 7. The van der Waals surface area contributed by atoms with Crippen molar-refractivity contribution in [1.29, 1.82) is 0 Å². The lowest BCUT2D eigenvalue weighted by Gasteiger charge is -2.20. The van der Waals surface area contributed by atoms with Gasteiger partial charge in [0.15, 0.2) is 0 Å². The van der Waals surface area contributed by atoms with E-state index < -0.39 is 6.04 Å². The molecule has 32 heavy (non-hydrogen) atoms. The molecule has 2 heterocycles. The maximum atomic E-state index is 12.8. The fourth-order valence-electron chi connectivity index (χ4n) is 3.62. The summed E-state index contributed by atoms with van der Waals surface area (Å²) in [6.45, 7) is 0.0378. The van der Waals surface area contributed by atoms with E-state index in [1.54, 1.807) is 43.8 Å². The smallest absolute Gasteiger partial charge is 0.273 e. The Kier molecular flexibility index (Phi) is 5.89. The summed E-state index contributed by atoms with van der Waals surface area (Å²) in [4.78, 5) is 42.2. The first-order valence-corrected chi connectivity index (χ1v) is 10.1. The maximum absolute atomic E-state index is 12.8. The molecule has 0 aliphatic carbocycles. The minimum atomic E-state index is -0.509. The Morgan fingerprint density at radius 2 is 1.94 bits per heavy atom. The second kappa shape index (κ2) is 8.93. The number of methoxy groups -OCH3 is 1. The molecule has 0 bridgehead atoms. The van der Waals surface area contributed by atoms with Gasteiger partial charge < -0.3 is 14.6 Å². The molecule has 9 nitrogen and oxygen atoms in total. The highest BCUT2D eigenvalue weighted by molar-refractivity contribution is 5.80. The van der Waals surface area contributed by atoms with Crippen LogP contribution in [0.1, 0.15) is 23.9 Å². The Morgan fingerprint density at radius 3 is 2.66 bits per heavy atom. The van der Waals surface area contributed by atoms with Gasteiger partial charge in [-0.1, -0.05) is 24.3 Å². The molecule has 9 heteroatoms. The molecule has 0 aliphatic rings. The predicted molar refractivity (Wildman–Crippen MR) is 120 cm³/mol. The Balaban J connectivity index is 1.56. The molecule has 2 aromatic carbocycles. The fraction of sp³-hybridized carbons (Fsp3) is 0.217. The fourth-order valence-corrected chi connectivity index (χ4v) is 3.62. The van der Waals surface area contributed by atoms with Crippen molar-refractivity contribution in [2.45, 2.75) is 19.0 Å². The summed E-state index contributed by atoms with van der Waals surface area (Å²) in [5.41, 5.74) is 0.0904. The highest BCUT2D eigenvalue weighted by Crippen LogP contribution is 2.24. The van der Waals surface area contributed by atoms with Crippen molar-refractivity contribution >= 4 is 16.7 Å². The molecular weight excluding hydrogens is 410 g/mol. The number of fused-ring (bicyclic) bond motifs is 1. The predicted octanol–water partition coefficient (Wildman–Crippen LogP) is 1.73. The summed E-state index contributed by atoms with van der Waals surface area (Å²) in [6, 6.07) is 13.5. The topological polar surface area (TPSA) is 111 Å². The Morgan fingerprint density at radius 1 is 1.16 bits per heavy atom. The van der Waals surface area contributed by atoms with E-state index in [2.05, 4.69) is 15.4 Å². The number of aryl methyl sites for hydroxylation is 2. The zero-order chi connectivity index (χ0) is 22.7. The molecule has 0 saturated carbocycles. The summed E-state index contributed by atoms with van der Waals surface area (Å²) >= 11 is 0. The van der Waals surface area contributed by atoms with Crippen molar-refractivity contribution in [1.82, 2.24) is 24.6 Å². The van der Waals surface area contributed by atoms with Gasteiger partial charge in [-0.15, -0.1) is 0 Å². The van der Waals surface area contributed by atoms with E-state index in [0.29, 0.717) is 22.3 Å². The molecule has 164 valence electrons. The van der Waals surface area contributed by atoms with Gasteiger partial charge in [-0.2, -0.15) is 0 Å². The van der Waals surface area contributed by atoms with Crippen molar-refractivity contribution in [3.63, 3.8) is 0 Å². The molecule has 0 aliphatic heterocycles. The Bertz CT molecular complexity index is 1380. The number of benzene rings is 2. The zero-order valence-electron chi connectivity index (χ0n) is 17.7. The lowest BCUT2D eigenvalue weighted by atomic mass is 10.1. The number of hydrogen-bond donors (Lipinski definition) is 2. The van der Waals surface area contributed by atoms with Crippen LogP contribution in [0.3, 0.4) is 0 Å². The SMILES string of the molecule is COc1cccc([C@@H](NC(=O)CCn2[nH]c(=O)c3ccccc3c2=O)c2nccn2C)c1. The first-order chi connectivity index (χ1) is 15.5. The van der Waals surface area contributed by atoms with Crippen molar-refractivity contribution in [2.24, 2.45) is 7.05 Å². The van der Waals surface area contributed by atoms with E-state index in [1.807, 2.05) is 35.9 Å². The highest BCUT2D eigenvalue weighted by Gasteiger charge is 2.21. The number of aromatic nitrogens is 4. The van der Waals surface area contributed by atoms with E-state index in [4.69, 9.17) is 4.74 Å². The van der Waals surface area contributed by atoms with Gasteiger partial charge in [0.1, 0.15) is 17.6 Å². The van der Waals surface area contributed by atoms with Gasteiger partial charge in [0, 0.05) is 25.9 Å². The molecule has 1 amide bonds. The average molecular weight is 433 g/mol. The van der Waals surface area contributed by atoms with Crippen LogP contribution in [-0.2, 0) is 18.4 Å². The quantitative estimate of drug-likeness (QED) is 0.461. The van der Waals surface area contributed by atoms with Crippen LogP contribution in [0, 0.1) is 0 Å². The van der Waals surface area contributed by atoms with E-state index in [0.717, 1.165) is 5.56 Å². The normalized spacial score (nSPS) is 11.9. The van der Waals surface area contributed by atoms with Crippen LogP contribution >= 0.6 is 0 Å². The zero-order valence-corrected chi connectivity index (χ0v) is 17.7. The van der Waals surface area contributed by atoms with Crippen LogP contribution in [0.15, 0.2) is 70.5 Å². The molecule has 4 rings (SSSR count). The number of nitrogens with one attached hydrogen (secondary N) is 2. The number of carbonyl (C=O) groups excluding carboxylic acids is 1. The van der Waals surface area contributed by atoms with Gasteiger partial charge in [-0.3, -0.25) is 19.5 Å². The standard InChI is InChI=1S/C23H23N5O4/c1-27-13-11-24-21(27)20(15-6-5-7-16(14-15)32-2)25-19(29)10-12-28-23(31)18-9-4-3-8-17(18)22(30)26-28/h3-9,11,13-14,20H,10,12H2,1-2H3,(H,25,29)(H,26,30)/t20-/m1/s1. The number of aromatic amines is 1. The van der Waals surface area contributed by atoms with E-state index in [1.165, 1.54) is 4.68 Å². The monoisotopic (exact) mass is 433 g/mol. The average Bonchev–Trinajstić information content (AvgIpc) is 3.24.